The molecule has 2 rings (SSSR count). The number of benzene rings is 2. The first-order chi connectivity index (χ1) is 13.8. The minimum absolute atomic E-state index is 0.0239. The van der Waals surface area contributed by atoms with Crippen LogP contribution in [0.3, 0.4) is 0 Å². The van der Waals surface area contributed by atoms with Gasteiger partial charge in [0, 0.05) is 24.8 Å². The molecule has 0 saturated heterocycles. The molecule has 0 spiro atoms. The molecule has 3 amide bonds. The van der Waals surface area contributed by atoms with E-state index in [1.54, 1.807) is 41.3 Å². The first kappa shape index (κ1) is 22.8. The van der Waals surface area contributed by atoms with Crippen molar-refractivity contribution < 1.29 is 14.3 Å². The Morgan fingerprint density at radius 1 is 1.07 bits per heavy atom. The molecule has 0 aliphatic carbocycles. The minimum atomic E-state index is -0.234. The Hall–Kier alpha value is -2.44. The van der Waals surface area contributed by atoms with Gasteiger partial charge in [-0.15, -0.1) is 0 Å². The van der Waals surface area contributed by atoms with Gasteiger partial charge >= 0.3 is 6.03 Å². The van der Waals surface area contributed by atoms with E-state index in [-0.39, 0.29) is 24.6 Å². The number of urea groups is 1. The molecular weight excluding hydrogens is 413 g/mol. The summed E-state index contributed by atoms with van der Waals surface area (Å²) in [5.41, 5.74) is 1.51. The lowest BCUT2D eigenvalue weighted by Crippen LogP contribution is -2.39. The fourth-order valence-electron chi connectivity index (χ4n) is 2.55. The number of anilines is 1. The van der Waals surface area contributed by atoms with Crippen LogP contribution >= 0.6 is 23.2 Å². The molecule has 0 aliphatic rings. The van der Waals surface area contributed by atoms with Gasteiger partial charge in [0.1, 0.15) is 5.75 Å². The maximum atomic E-state index is 12.8. The molecule has 0 radical (unpaired) electrons. The number of hydrogen-bond acceptors (Lipinski definition) is 3. The van der Waals surface area contributed by atoms with E-state index in [2.05, 4.69) is 10.6 Å². The Kier molecular flexibility index (Phi) is 8.61. The van der Waals surface area contributed by atoms with Gasteiger partial charge in [0.15, 0.2) is 6.61 Å². The molecule has 29 heavy (non-hydrogen) atoms. The van der Waals surface area contributed by atoms with Crippen molar-refractivity contribution in [2.24, 2.45) is 0 Å². The monoisotopic (exact) mass is 437 g/mol. The van der Waals surface area contributed by atoms with Crippen LogP contribution in [0.25, 0.3) is 0 Å². The summed E-state index contributed by atoms with van der Waals surface area (Å²) < 4.78 is 5.41. The number of ether oxygens (including phenoxy) is 1. The zero-order chi connectivity index (χ0) is 21.4. The second-order valence-electron chi connectivity index (χ2n) is 6.67. The lowest BCUT2D eigenvalue weighted by Gasteiger charge is -2.27. The van der Waals surface area contributed by atoms with E-state index in [0.717, 1.165) is 5.56 Å². The molecule has 0 aliphatic heterocycles. The van der Waals surface area contributed by atoms with Crippen molar-refractivity contribution in [2.75, 3.05) is 18.5 Å². The molecular formula is C21H25Cl2N3O3. The Morgan fingerprint density at radius 2 is 1.76 bits per heavy atom. The molecule has 2 aromatic carbocycles. The summed E-state index contributed by atoms with van der Waals surface area (Å²) in [5.74, 6) is 0.366. The molecule has 0 aromatic heterocycles. The van der Waals surface area contributed by atoms with Gasteiger partial charge in [-0.2, -0.15) is 0 Å². The average molecular weight is 438 g/mol. The maximum Gasteiger partial charge on any atom is 0.322 e. The summed E-state index contributed by atoms with van der Waals surface area (Å²) in [6.45, 7) is 6.63. The van der Waals surface area contributed by atoms with Gasteiger partial charge in [0.25, 0.3) is 5.91 Å². The van der Waals surface area contributed by atoms with Crippen molar-refractivity contribution in [1.82, 2.24) is 10.2 Å². The van der Waals surface area contributed by atoms with E-state index in [9.17, 15) is 9.59 Å². The third-order valence-corrected chi connectivity index (χ3v) is 4.81. The van der Waals surface area contributed by atoms with Crippen molar-refractivity contribution in [3.63, 3.8) is 0 Å². The normalized spacial score (nSPS) is 10.6. The molecule has 6 nitrogen and oxygen atoms in total. The highest BCUT2D eigenvalue weighted by Gasteiger charge is 2.18. The molecule has 2 N–H and O–H groups in total. The molecule has 0 saturated carbocycles. The summed E-state index contributed by atoms with van der Waals surface area (Å²) in [4.78, 5) is 25.9. The van der Waals surface area contributed by atoms with Crippen LogP contribution in [0.15, 0.2) is 42.5 Å². The third-order valence-electron chi connectivity index (χ3n) is 4.07. The summed E-state index contributed by atoms with van der Waals surface area (Å²) in [7, 11) is 0. The van der Waals surface area contributed by atoms with E-state index in [4.69, 9.17) is 27.9 Å². The number of carbonyl (C=O) groups is 2. The van der Waals surface area contributed by atoms with Crippen LogP contribution in [0.4, 0.5) is 10.5 Å². The minimum Gasteiger partial charge on any atom is -0.484 e. The zero-order valence-corrected chi connectivity index (χ0v) is 18.2. The Labute approximate surface area is 181 Å². The average Bonchev–Trinajstić information content (AvgIpc) is 2.68. The second kappa shape index (κ2) is 10.9. The van der Waals surface area contributed by atoms with E-state index < -0.39 is 0 Å². The smallest absolute Gasteiger partial charge is 0.322 e. The summed E-state index contributed by atoms with van der Waals surface area (Å²) in [5, 5.41) is 6.47. The van der Waals surface area contributed by atoms with Crippen LogP contribution in [0.1, 0.15) is 26.3 Å². The van der Waals surface area contributed by atoms with Gasteiger partial charge in [-0.25, -0.2) is 4.79 Å². The van der Waals surface area contributed by atoms with Crippen molar-refractivity contribution in [1.29, 1.82) is 0 Å². The largest absolute Gasteiger partial charge is 0.484 e. The SMILES string of the molecule is CCNC(=O)COc1ccc(NC(=O)N(Cc2ccc(Cl)c(Cl)c2)C(C)C)cc1. The fourth-order valence-corrected chi connectivity index (χ4v) is 2.87. The number of rotatable bonds is 8. The number of halogens is 2. The quantitative estimate of drug-likeness (QED) is 0.613. The van der Waals surface area contributed by atoms with Gasteiger partial charge in [0.2, 0.25) is 0 Å². The van der Waals surface area contributed by atoms with Crippen molar-refractivity contribution in [3.05, 3.63) is 58.1 Å². The first-order valence-electron chi connectivity index (χ1n) is 9.31. The Bertz CT molecular complexity index is 842. The van der Waals surface area contributed by atoms with Crippen LogP contribution in [0, 0.1) is 0 Å². The van der Waals surface area contributed by atoms with Crippen molar-refractivity contribution in [3.8, 4) is 5.75 Å². The lowest BCUT2D eigenvalue weighted by atomic mass is 10.2. The number of nitrogens with zero attached hydrogens (tertiary/aromatic N) is 1. The molecule has 2 aromatic rings. The molecule has 0 heterocycles. The van der Waals surface area contributed by atoms with Crippen LogP contribution in [0.5, 0.6) is 5.75 Å². The summed E-state index contributed by atoms with van der Waals surface area (Å²) in [6.07, 6.45) is 0. The van der Waals surface area contributed by atoms with E-state index in [0.29, 0.717) is 34.6 Å². The molecule has 0 atom stereocenters. The highest BCUT2D eigenvalue weighted by atomic mass is 35.5. The van der Waals surface area contributed by atoms with Gasteiger partial charge in [0.05, 0.1) is 10.0 Å². The van der Waals surface area contributed by atoms with Crippen LogP contribution < -0.4 is 15.4 Å². The predicted octanol–water partition coefficient (Wildman–Crippen LogP) is 4.95. The fraction of sp³-hybridized carbons (Fsp3) is 0.333. The molecule has 0 bridgehead atoms. The number of likely N-dealkylation sites (N-methyl/N-ethyl adjacent to an activating group) is 1. The topological polar surface area (TPSA) is 70.7 Å². The number of carbonyl (C=O) groups excluding carboxylic acids is 2. The van der Waals surface area contributed by atoms with Gasteiger partial charge < -0.3 is 20.3 Å². The van der Waals surface area contributed by atoms with Gasteiger partial charge in [-0.05, 0) is 62.7 Å². The molecule has 156 valence electrons. The molecule has 0 unspecified atom stereocenters. The predicted molar refractivity (Wildman–Crippen MR) is 117 cm³/mol. The summed E-state index contributed by atoms with van der Waals surface area (Å²) in [6, 6.07) is 11.9. The first-order valence-corrected chi connectivity index (χ1v) is 10.1. The zero-order valence-electron chi connectivity index (χ0n) is 16.7. The Morgan fingerprint density at radius 3 is 2.34 bits per heavy atom. The summed E-state index contributed by atoms with van der Waals surface area (Å²) >= 11 is 12.0. The number of nitrogens with one attached hydrogen (secondary N) is 2. The van der Waals surface area contributed by atoms with Crippen LogP contribution in [0.2, 0.25) is 10.0 Å². The van der Waals surface area contributed by atoms with E-state index in [1.807, 2.05) is 26.8 Å². The van der Waals surface area contributed by atoms with Gasteiger partial charge in [-0.3, -0.25) is 4.79 Å². The Balaban J connectivity index is 1.98. The molecule has 0 fully saturated rings. The standard InChI is InChI=1S/C21H25Cl2N3O3/c1-4-24-20(27)13-29-17-8-6-16(7-9-17)25-21(28)26(14(2)3)12-15-5-10-18(22)19(23)11-15/h5-11,14H,4,12-13H2,1-3H3,(H,24,27)(H,25,28). The van der Waals surface area contributed by atoms with Crippen molar-refractivity contribution in [2.45, 2.75) is 33.4 Å². The van der Waals surface area contributed by atoms with E-state index >= 15 is 0 Å². The van der Waals surface area contributed by atoms with Crippen LogP contribution in [-0.4, -0.2) is 36.0 Å². The number of hydrogen-bond donors (Lipinski definition) is 2. The lowest BCUT2D eigenvalue weighted by molar-refractivity contribution is -0.122. The molecule has 8 heteroatoms. The highest BCUT2D eigenvalue weighted by Crippen LogP contribution is 2.24. The van der Waals surface area contributed by atoms with Gasteiger partial charge in [-0.1, -0.05) is 29.3 Å². The maximum absolute atomic E-state index is 12.8. The number of amides is 3. The van der Waals surface area contributed by atoms with Crippen molar-refractivity contribution >= 4 is 40.8 Å². The van der Waals surface area contributed by atoms with Crippen LogP contribution in [-0.2, 0) is 11.3 Å². The second-order valence-corrected chi connectivity index (χ2v) is 7.48. The third kappa shape index (κ3) is 7.15. The van der Waals surface area contributed by atoms with E-state index in [1.165, 1.54) is 0 Å². The highest BCUT2D eigenvalue weighted by molar-refractivity contribution is 6.42.